The molecule has 148 valence electrons. The molecule has 0 spiro atoms. The van der Waals surface area contributed by atoms with Gasteiger partial charge in [-0.3, -0.25) is 9.69 Å². The SMILES string of the molecule is O=C1C(c2ccccc2)S/C(=N/S(=O)(=O)c2ccc(Cl)s2)N1C1CCCCC1. The van der Waals surface area contributed by atoms with Gasteiger partial charge in [-0.05, 0) is 30.5 Å². The minimum atomic E-state index is -3.92. The van der Waals surface area contributed by atoms with Crippen LogP contribution in [0.4, 0.5) is 0 Å². The number of carbonyl (C=O) groups is 1. The Hall–Kier alpha value is -1.35. The Bertz CT molecular complexity index is 998. The fourth-order valence-electron chi connectivity index (χ4n) is 3.60. The maximum atomic E-state index is 13.3. The number of benzene rings is 1. The Balaban J connectivity index is 1.73. The fourth-order valence-corrected chi connectivity index (χ4v) is 7.47. The summed E-state index contributed by atoms with van der Waals surface area (Å²) in [4.78, 5) is 14.9. The Morgan fingerprint density at radius 1 is 1.04 bits per heavy atom. The predicted molar refractivity (Wildman–Crippen MR) is 114 cm³/mol. The number of halogens is 1. The van der Waals surface area contributed by atoms with Gasteiger partial charge in [0.1, 0.15) is 9.46 Å². The van der Waals surface area contributed by atoms with Crippen molar-refractivity contribution in [2.24, 2.45) is 4.40 Å². The average Bonchev–Trinajstić information content (AvgIpc) is 3.27. The number of amidine groups is 1. The van der Waals surface area contributed by atoms with Crippen LogP contribution in [0.15, 0.2) is 51.1 Å². The lowest BCUT2D eigenvalue weighted by atomic mass is 9.94. The van der Waals surface area contributed by atoms with Gasteiger partial charge >= 0.3 is 0 Å². The highest BCUT2D eigenvalue weighted by molar-refractivity contribution is 8.15. The predicted octanol–water partition coefficient (Wildman–Crippen LogP) is 5.10. The van der Waals surface area contributed by atoms with Crippen molar-refractivity contribution in [1.29, 1.82) is 0 Å². The lowest BCUT2D eigenvalue weighted by Gasteiger charge is -2.30. The molecule has 1 unspecified atom stereocenters. The summed E-state index contributed by atoms with van der Waals surface area (Å²) in [6.45, 7) is 0. The van der Waals surface area contributed by atoms with Gasteiger partial charge in [-0.1, -0.05) is 73.0 Å². The standard InChI is InChI=1S/C19H19ClN2O3S3/c20-15-11-12-16(26-15)28(24,25)21-19-22(14-9-5-2-6-10-14)18(23)17(27-19)13-7-3-1-4-8-13/h1,3-4,7-8,11-12,14,17H,2,5-6,9-10H2/b21-19+. The van der Waals surface area contributed by atoms with Gasteiger partial charge < -0.3 is 0 Å². The van der Waals surface area contributed by atoms with Gasteiger partial charge in [0.15, 0.2) is 5.17 Å². The third-order valence-electron chi connectivity index (χ3n) is 4.93. The third kappa shape index (κ3) is 4.01. The Morgan fingerprint density at radius 3 is 2.39 bits per heavy atom. The van der Waals surface area contributed by atoms with Crippen molar-refractivity contribution in [2.45, 2.75) is 47.6 Å². The molecule has 1 aromatic heterocycles. The molecule has 1 aromatic carbocycles. The summed E-state index contributed by atoms with van der Waals surface area (Å²) in [5, 5.41) is -0.195. The van der Waals surface area contributed by atoms with E-state index in [9.17, 15) is 13.2 Å². The lowest BCUT2D eigenvalue weighted by Crippen LogP contribution is -2.41. The summed E-state index contributed by atoms with van der Waals surface area (Å²) in [6, 6.07) is 12.4. The molecule has 2 heterocycles. The van der Waals surface area contributed by atoms with Crippen LogP contribution in [-0.2, 0) is 14.8 Å². The van der Waals surface area contributed by atoms with Crippen molar-refractivity contribution in [3.05, 3.63) is 52.4 Å². The zero-order valence-electron chi connectivity index (χ0n) is 15.0. The number of carbonyl (C=O) groups excluding carboxylic acids is 1. The second-order valence-electron chi connectivity index (χ2n) is 6.82. The van der Waals surface area contributed by atoms with E-state index in [1.165, 1.54) is 23.9 Å². The van der Waals surface area contributed by atoms with Crippen molar-refractivity contribution in [3.63, 3.8) is 0 Å². The van der Waals surface area contributed by atoms with Crippen LogP contribution in [0.2, 0.25) is 4.34 Å². The zero-order chi connectivity index (χ0) is 19.7. The smallest absolute Gasteiger partial charge is 0.286 e. The Morgan fingerprint density at radius 2 is 1.75 bits per heavy atom. The molecular formula is C19H19ClN2O3S3. The monoisotopic (exact) mass is 454 g/mol. The van der Waals surface area contributed by atoms with Gasteiger partial charge in [-0.15, -0.1) is 15.7 Å². The molecule has 1 saturated carbocycles. The van der Waals surface area contributed by atoms with Gasteiger partial charge in [0, 0.05) is 6.04 Å². The molecule has 1 aliphatic heterocycles. The van der Waals surface area contributed by atoms with E-state index in [2.05, 4.69) is 4.40 Å². The number of amides is 1. The molecule has 5 nitrogen and oxygen atoms in total. The van der Waals surface area contributed by atoms with Crippen molar-refractivity contribution in [1.82, 2.24) is 4.90 Å². The van der Waals surface area contributed by atoms with E-state index in [4.69, 9.17) is 11.6 Å². The highest BCUT2D eigenvalue weighted by Gasteiger charge is 2.43. The molecule has 28 heavy (non-hydrogen) atoms. The molecule has 1 saturated heterocycles. The number of rotatable bonds is 4. The van der Waals surface area contributed by atoms with Crippen LogP contribution in [0.25, 0.3) is 0 Å². The van der Waals surface area contributed by atoms with Crippen LogP contribution >= 0.6 is 34.7 Å². The van der Waals surface area contributed by atoms with Crippen LogP contribution in [-0.4, -0.2) is 30.4 Å². The number of nitrogens with zero attached hydrogens (tertiary/aromatic N) is 2. The van der Waals surface area contributed by atoms with Crippen molar-refractivity contribution in [3.8, 4) is 0 Å². The van der Waals surface area contributed by atoms with E-state index >= 15 is 0 Å². The number of thiophene rings is 1. The van der Waals surface area contributed by atoms with Crippen molar-refractivity contribution < 1.29 is 13.2 Å². The minimum Gasteiger partial charge on any atom is -0.286 e. The first-order valence-corrected chi connectivity index (χ1v) is 12.6. The summed E-state index contributed by atoms with van der Waals surface area (Å²) < 4.78 is 30.1. The summed E-state index contributed by atoms with van der Waals surface area (Å²) in [5.41, 5.74) is 0.861. The molecule has 4 rings (SSSR count). The van der Waals surface area contributed by atoms with E-state index in [1.54, 1.807) is 4.90 Å². The molecule has 2 aromatic rings. The van der Waals surface area contributed by atoms with Gasteiger partial charge in [0.2, 0.25) is 5.91 Å². The molecule has 1 atom stereocenters. The highest BCUT2D eigenvalue weighted by atomic mass is 35.5. The van der Waals surface area contributed by atoms with Crippen molar-refractivity contribution in [2.75, 3.05) is 0 Å². The summed E-state index contributed by atoms with van der Waals surface area (Å²) in [6.07, 6.45) is 4.97. The van der Waals surface area contributed by atoms with Crippen LogP contribution < -0.4 is 0 Å². The molecule has 0 bridgehead atoms. The van der Waals surface area contributed by atoms with E-state index in [1.807, 2.05) is 30.3 Å². The van der Waals surface area contributed by atoms with Gasteiger partial charge in [-0.2, -0.15) is 8.42 Å². The quantitative estimate of drug-likeness (QED) is 0.644. The van der Waals surface area contributed by atoms with E-state index in [-0.39, 0.29) is 21.3 Å². The van der Waals surface area contributed by atoms with Crippen molar-refractivity contribution >= 4 is 55.8 Å². The molecular weight excluding hydrogens is 436 g/mol. The Kier molecular flexibility index (Phi) is 5.83. The third-order valence-corrected chi connectivity index (χ3v) is 9.22. The largest absolute Gasteiger partial charge is 0.294 e. The lowest BCUT2D eigenvalue weighted by molar-refractivity contribution is -0.128. The summed E-state index contributed by atoms with van der Waals surface area (Å²) in [5.74, 6) is -0.0822. The topological polar surface area (TPSA) is 66.8 Å². The van der Waals surface area contributed by atoms with Gasteiger partial charge in [0.05, 0.1) is 4.34 Å². The van der Waals surface area contributed by atoms with Crippen LogP contribution in [0.3, 0.4) is 0 Å². The second kappa shape index (κ2) is 8.18. The van der Waals surface area contributed by atoms with Gasteiger partial charge in [-0.25, -0.2) is 0 Å². The zero-order valence-corrected chi connectivity index (χ0v) is 18.2. The molecule has 1 amide bonds. The first-order chi connectivity index (χ1) is 13.5. The number of hydrogen-bond donors (Lipinski definition) is 0. The summed E-state index contributed by atoms with van der Waals surface area (Å²) >= 11 is 8.09. The molecule has 2 aliphatic rings. The first kappa shape index (κ1) is 19.9. The molecule has 0 N–H and O–H groups in total. The fraction of sp³-hybridized carbons (Fsp3) is 0.368. The van der Waals surface area contributed by atoms with E-state index in [0.29, 0.717) is 4.34 Å². The first-order valence-electron chi connectivity index (χ1n) is 9.11. The van der Waals surface area contributed by atoms with Gasteiger partial charge in [0.25, 0.3) is 10.0 Å². The molecule has 9 heteroatoms. The van der Waals surface area contributed by atoms with E-state index in [0.717, 1.165) is 49.0 Å². The number of thioether (sulfide) groups is 1. The summed E-state index contributed by atoms with van der Waals surface area (Å²) in [7, 11) is -3.92. The minimum absolute atomic E-state index is 0.00309. The van der Waals surface area contributed by atoms with Crippen LogP contribution in [0.1, 0.15) is 42.9 Å². The van der Waals surface area contributed by atoms with Crippen LogP contribution in [0.5, 0.6) is 0 Å². The molecule has 1 aliphatic carbocycles. The maximum Gasteiger partial charge on any atom is 0.294 e. The number of hydrogen-bond acceptors (Lipinski definition) is 5. The highest BCUT2D eigenvalue weighted by Crippen LogP contribution is 2.43. The molecule has 0 radical (unpaired) electrons. The number of sulfonamides is 1. The second-order valence-corrected chi connectivity index (χ2v) is 11.4. The Labute approximate surface area is 177 Å². The molecule has 2 fully saturated rings. The average molecular weight is 455 g/mol. The normalized spacial score (nSPS) is 22.9. The van der Waals surface area contributed by atoms with Crippen LogP contribution in [0, 0.1) is 0 Å². The maximum absolute atomic E-state index is 13.3. The van der Waals surface area contributed by atoms with E-state index < -0.39 is 15.3 Å².